The molecule has 0 aromatic carbocycles. The van der Waals surface area contributed by atoms with Crippen LogP contribution in [0.3, 0.4) is 0 Å². The summed E-state index contributed by atoms with van der Waals surface area (Å²) < 4.78 is 12.0. The summed E-state index contributed by atoms with van der Waals surface area (Å²) in [5.74, 6) is 1.75. The van der Waals surface area contributed by atoms with Gasteiger partial charge < -0.3 is 39.9 Å². The molecule has 4 N–H and O–H groups in total. The van der Waals surface area contributed by atoms with E-state index in [1.165, 1.54) is 147 Å². The molecule has 9 nitrogen and oxygen atoms in total. The van der Waals surface area contributed by atoms with Crippen LogP contribution < -0.4 is 5.32 Å². The second-order valence-electron chi connectivity index (χ2n) is 20.9. The van der Waals surface area contributed by atoms with E-state index in [0.717, 1.165) is 153 Å². The van der Waals surface area contributed by atoms with Gasteiger partial charge in [-0.2, -0.15) is 0 Å². The standard InChI is InChI=1S/C61H119N3O6/c1-8-15-20-23-30-37-47-62-59(52-67)60(46-49-63(13-6)14-7)64(48-38-31-25-24-29-36-45-61(68)70-54-56(40-19-12-5)42-33-22-17-10-3)57(50-65)43-34-27-26-28-35-44-58(51-66)69-53-55(39-18-11-4)41-32-21-16-9-2/h50-52,55-56,60,62,65-67H,8-49,53-54H2,1-7H3. The third-order valence-corrected chi connectivity index (χ3v) is 14.7. The van der Waals surface area contributed by atoms with E-state index in [1.54, 1.807) is 0 Å². The fourth-order valence-corrected chi connectivity index (χ4v) is 9.90. The van der Waals surface area contributed by atoms with Crippen molar-refractivity contribution in [1.29, 1.82) is 0 Å². The van der Waals surface area contributed by atoms with Crippen molar-refractivity contribution >= 4 is 5.97 Å². The topological polar surface area (TPSA) is 115 Å². The average molecular weight is 991 g/mol. The number of allylic oxidation sites excluding steroid dienone is 2. The third kappa shape index (κ3) is 38.1. The lowest BCUT2D eigenvalue weighted by Gasteiger charge is -2.38. The molecule has 9 heteroatoms. The van der Waals surface area contributed by atoms with E-state index in [4.69, 9.17) is 9.47 Å². The van der Waals surface area contributed by atoms with E-state index in [0.29, 0.717) is 31.5 Å². The molecule has 0 heterocycles. The lowest BCUT2D eigenvalue weighted by Crippen LogP contribution is -2.43. The Bertz CT molecular complexity index is 1220. The van der Waals surface area contributed by atoms with Crippen molar-refractivity contribution in [3.63, 3.8) is 0 Å². The summed E-state index contributed by atoms with van der Waals surface area (Å²) in [5.41, 5.74) is 1.80. The molecule has 0 fully saturated rings. The van der Waals surface area contributed by atoms with Crippen LogP contribution in [-0.4, -0.2) is 83.1 Å². The number of nitrogens with one attached hydrogen (secondary N) is 1. The molecule has 0 aromatic rings. The summed E-state index contributed by atoms with van der Waals surface area (Å²) in [6.07, 6.45) is 45.2. The van der Waals surface area contributed by atoms with E-state index in [2.05, 4.69) is 63.6 Å². The molecule has 0 saturated carbocycles. The van der Waals surface area contributed by atoms with Crippen LogP contribution in [0.5, 0.6) is 0 Å². The maximum atomic E-state index is 12.7. The van der Waals surface area contributed by atoms with Gasteiger partial charge in [-0.25, -0.2) is 0 Å². The van der Waals surface area contributed by atoms with Gasteiger partial charge >= 0.3 is 5.97 Å². The largest absolute Gasteiger partial charge is 0.514 e. The monoisotopic (exact) mass is 990 g/mol. The van der Waals surface area contributed by atoms with Gasteiger partial charge in [-0.1, -0.05) is 203 Å². The minimum atomic E-state index is -0.0744. The predicted molar refractivity (Wildman–Crippen MR) is 302 cm³/mol. The smallest absolute Gasteiger partial charge is 0.305 e. The minimum Gasteiger partial charge on any atom is -0.514 e. The van der Waals surface area contributed by atoms with Crippen LogP contribution in [0.25, 0.3) is 0 Å². The summed E-state index contributed by atoms with van der Waals surface area (Å²) in [6.45, 7) is 21.5. The highest BCUT2D eigenvalue weighted by atomic mass is 16.5. The zero-order valence-corrected chi connectivity index (χ0v) is 47.5. The minimum absolute atomic E-state index is 0.0323. The van der Waals surface area contributed by atoms with Gasteiger partial charge in [0.1, 0.15) is 18.3 Å². The highest BCUT2D eigenvalue weighted by Crippen LogP contribution is 2.26. The number of carbonyl (C=O) groups is 1. The Labute approximate surface area is 434 Å². The molecule has 0 rings (SSSR count). The van der Waals surface area contributed by atoms with Crippen LogP contribution in [0.4, 0.5) is 0 Å². The number of ether oxygens (including phenoxy) is 2. The molecule has 0 spiro atoms. The molecule has 3 unspecified atom stereocenters. The van der Waals surface area contributed by atoms with Gasteiger partial charge in [0.05, 0.1) is 31.2 Å². The first kappa shape index (κ1) is 67.5. The fourth-order valence-electron chi connectivity index (χ4n) is 9.90. The molecule has 0 aliphatic heterocycles. The van der Waals surface area contributed by atoms with Crippen LogP contribution in [-0.2, 0) is 14.3 Å². The molecule has 3 atom stereocenters. The van der Waals surface area contributed by atoms with Gasteiger partial charge in [0, 0.05) is 38.2 Å². The van der Waals surface area contributed by atoms with Crippen molar-refractivity contribution in [2.75, 3.05) is 45.9 Å². The Kier molecular flexibility index (Phi) is 49.5. The van der Waals surface area contributed by atoms with E-state index in [9.17, 15) is 20.1 Å². The number of aliphatic hydroxyl groups is 3. The number of carbonyl (C=O) groups excluding carboxylic acids is 1. The Hall–Kier alpha value is -2.55. The van der Waals surface area contributed by atoms with Crippen LogP contribution in [0, 0.1) is 11.8 Å². The van der Waals surface area contributed by atoms with Gasteiger partial charge in [0.15, 0.2) is 0 Å². The van der Waals surface area contributed by atoms with E-state index < -0.39 is 0 Å². The Balaban J connectivity index is 5.54. The average Bonchev–Trinajstić information content (AvgIpc) is 3.37. The second kappa shape index (κ2) is 51.4. The molecular formula is C61H119N3O6. The molecule has 0 aliphatic carbocycles. The first-order valence-electron chi connectivity index (χ1n) is 30.3. The number of hydrogen-bond donors (Lipinski definition) is 4. The lowest BCUT2D eigenvalue weighted by atomic mass is 9.96. The number of esters is 1. The van der Waals surface area contributed by atoms with Crippen LogP contribution >= 0.6 is 0 Å². The number of unbranched alkanes of at least 4 members (excludes halogenated alkanes) is 22. The first-order chi connectivity index (χ1) is 34.3. The van der Waals surface area contributed by atoms with Crippen LogP contribution in [0.2, 0.25) is 0 Å². The first-order valence-corrected chi connectivity index (χ1v) is 30.3. The summed E-state index contributed by atoms with van der Waals surface area (Å²) in [4.78, 5) is 17.6. The third-order valence-electron chi connectivity index (χ3n) is 14.7. The zero-order valence-electron chi connectivity index (χ0n) is 47.5. The summed E-state index contributed by atoms with van der Waals surface area (Å²) >= 11 is 0. The zero-order chi connectivity index (χ0) is 51.6. The predicted octanol–water partition coefficient (Wildman–Crippen LogP) is 18.1. The lowest BCUT2D eigenvalue weighted by molar-refractivity contribution is -0.145. The number of nitrogens with zero attached hydrogens (tertiary/aromatic N) is 2. The van der Waals surface area contributed by atoms with Gasteiger partial charge in [-0.3, -0.25) is 4.79 Å². The van der Waals surface area contributed by atoms with Crippen molar-refractivity contribution in [1.82, 2.24) is 15.1 Å². The Morgan fingerprint density at radius 2 is 0.914 bits per heavy atom. The maximum absolute atomic E-state index is 12.7. The summed E-state index contributed by atoms with van der Waals surface area (Å²) in [7, 11) is 0. The molecule has 0 saturated heterocycles. The normalized spacial score (nSPS) is 13.7. The number of aliphatic hydroxyl groups excluding tert-OH is 3. The van der Waals surface area contributed by atoms with Gasteiger partial charge in [-0.15, -0.1) is 0 Å². The number of hydrogen-bond acceptors (Lipinski definition) is 9. The molecule has 70 heavy (non-hydrogen) atoms. The van der Waals surface area contributed by atoms with Crippen LogP contribution in [0.1, 0.15) is 286 Å². The quantitative estimate of drug-likeness (QED) is 0.0269. The van der Waals surface area contributed by atoms with Gasteiger partial charge in [0.25, 0.3) is 0 Å². The molecule has 0 aromatic heterocycles. The maximum Gasteiger partial charge on any atom is 0.305 e. The van der Waals surface area contributed by atoms with Crippen LogP contribution in [0.15, 0.2) is 35.9 Å². The van der Waals surface area contributed by atoms with E-state index in [-0.39, 0.29) is 12.0 Å². The van der Waals surface area contributed by atoms with Crippen molar-refractivity contribution in [2.45, 2.75) is 292 Å². The second-order valence-corrected chi connectivity index (χ2v) is 20.9. The van der Waals surface area contributed by atoms with Gasteiger partial charge in [0.2, 0.25) is 0 Å². The Morgan fingerprint density at radius 3 is 1.43 bits per heavy atom. The van der Waals surface area contributed by atoms with Crippen molar-refractivity contribution in [2.24, 2.45) is 11.8 Å². The molecule has 0 aliphatic rings. The van der Waals surface area contributed by atoms with Crippen molar-refractivity contribution in [3.05, 3.63) is 35.9 Å². The van der Waals surface area contributed by atoms with E-state index in [1.807, 2.05) is 0 Å². The summed E-state index contributed by atoms with van der Waals surface area (Å²) in [5, 5.41) is 35.4. The molecular weight excluding hydrogens is 871 g/mol. The SMILES string of the molecule is CCCCCCCCNC(=CO)C(CCN(CC)CC)N(CCCCCCCCC(=O)OCC(CCCC)CCCCCC)C(=CO)CCCCCCCC(=CO)OCC(CCCC)CCCCCC. The van der Waals surface area contributed by atoms with Crippen molar-refractivity contribution in [3.8, 4) is 0 Å². The molecule has 0 radical (unpaired) electrons. The molecule has 0 amide bonds. The molecule has 414 valence electrons. The molecule has 0 bridgehead atoms. The highest BCUT2D eigenvalue weighted by Gasteiger charge is 2.26. The van der Waals surface area contributed by atoms with E-state index >= 15 is 0 Å². The Morgan fingerprint density at radius 1 is 0.457 bits per heavy atom. The fraction of sp³-hybridized carbons (Fsp3) is 0.885. The van der Waals surface area contributed by atoms with Gasteiger partial charge in [-0.05, 0) is 95.6 Å². The number of rotatable bonds is 54. The summed E-state index contributed by atoms with van der Waals surface area (Å²) in [6, 6.07) is -0.0744. The van der Waals surface area contributed by atoms with Crippen molar-refractivity contribution < 1.29 is 29.6 Å². The highest BCUT2D eigenvalue weighted by molar-refractivity contribution is 5.69.